The van der Waals surface area contributed by atoms with E-state index < -0.39 is 0 Å². The van der Waals surface area contributed by atoms with Gasteiger partial charge in [-0.25, -0.2) is 0 Å². The van der Waals surface area contributed by atoms with Crippen molar-refractivity contribution in [3.8, 4) is 0 Å². The molecule has 0 atom stereocenters. The molecule has 0 spiro atoms. The van der Waals surface area contributed by atoms with Gasteiger partial charge in [0, 0.05) is 35.6 Å². The lowest BCUT2D eigenvalue weighted by molar-refractivity contribution is 1.09. The quantitative estimate of drug-likeness (QED) is 0.698. The van der Waals surface area contributed by atoms with Gasteiger partial charge >= 0.3 is 0 Å². The summed E-state index contributed by atoms with van der Waals surface area (Å²) in [6.07, 6.45) is 5.64. The van der Waals surface area contributed by atoms with Gasteiger partial charge < -0.3 is 10.6 Å². The van der Waals surface area contributed by atoms with E-state index in [2.05, 4.69) is 60.2 Å². The van der Waals surface area contributed by atoms with Crippen molar-refractivity contribution >= 4 is 17.1 Å². The molecule has 0 radical (unpaired) electrons. The van der Waals surface area contributed by atoms with E-state index in [9.17, 15) is 0 Å². The lowest BCUT2D eigenvalue weighted by Crippen LogP contribution is -2.14. The lowest BCUT2D eigenvalue weighted by atomic mass is 9.91. The standard InChI is InChI=1S/C20H18N2/c1-3-13-9-15-11-20-16(12-19(15)21-17(13)4-2)10-14-7-5-6-8-18(14)22-20/h3-8,11-12,21-22H,1-2,9-10H2. The van der Waals surface area contributed by atoms with Crippen LogP contribution >= 0.6 is 0 Å². The molecule has 0 fully saturated rings. The topological polar surface area (TPSA) is 24.1 Å². The summed E-state index contributed by atoms with van der Waals surface area (Å²) in [6.45, 7) is 7.80. The Bertz CT molecular complexity index is 760. The Morgan fingerprint density at radius 1 is 0.773 bits per heavy atom. The molecule has 2 heterocycles. The Kier molecular flexibility index (Phi) is 2.90. The van der Waals surface area contributed by atoms with Gasteiger partial charge in [0.1, 0.15) is 0 Å². The highest BCUT2D eigenvalue weighted by Gasteiger charge is 2.20. The van der Waals surface area contributed by atoms with Crippen LogP contribution in [0.15, 0.2) is 73.0 Å². The number of hydrogen-bond acceptors (Lipinski definition) is 2. The van der Waals surface area contributed by atoms with Crippen molar-refractivity contribution in [2.45, 2.75) is 12.8 Å². The van der Waals surface area contributed by atoms with Crippen LogP contribution in [0, 0.1) is 0 Å². The predicted molar refractivity (Wildman–Crippen MR) is 93.7 cm³/mol. The minimum Gasteiger partial charge on any atom is -0.355 e. The van der Waals surface area contributed by atoms with E-state index in [0.29, 0.717) is 0 Å². The van der Waals surface area contributed by atoms with Crippen LogP contribution in [0.3, 0.4) is 0 Å². The zero-order chi connectivity index (χ0) is 15.1. The van der Waals surface area contributed by atoms with Crippen LogP contribution in [0.5, 0.6) is 0 Å². The molecule has 2 N–H and O–H groups in total. The average molecular weight is 286 g/mol. The molecule has 0 amide bonds. The van der Waals surface area contributed by atoms with Crippen LogP contribution in [-0.2, 0) is 12.8 Å². The molecule has 2 aromatic rings. The molecule has 2 nitrogen and oxygen atoms in total. The van der Waals surface area contributed by atoms with Crippen molar-refractivity contribution in [3.63, 3.8) is 0 Å². The van der Waals surface area contributed by atoms with Gasteiger partial charge in [0.05, 0.1) is 0 Å². The van der Waals surface area contributed by atoms with E-state index in [4.69, 9.17) is 0 Å². The summed E-state index contributed by atoms with van der Waals surface area (Å²) in [6, 6.07) is 13.0. The SMILES string of the molecule is C=CC1=C(C=C)Nc2cc3c(cc2C1)Nc1ccccc1C3. The fraction of sp³-hybridized carbons (Fsp3) is 0.100. The van der Waals surface area contributed by atoms with Crippen LogP contribution in [0.2, 0.25) is 0 Å². The third kappa shape index (κ3) is 1.96. The maximum atomic E-state index is 3.91. The average Bonchev–Trinajstić information content (AvgIpc) is 2.56. The van der Waals surface area contributed by atoms with Crippen LogP contribution in [0.1, 0.15) is 16.7 Å². The van der Waals surface area contributed by atoms with Gasteiger partial charge in [-0.2, -0.15) is 0 Å². The van der Waals surface area contributed by atoms with Gasteiger partial charge in [0.2, 0.25) is 0 Å². The maximum Gasteiger partial charge on any atom is 0.0424 e. The van der Waals surface area contributed by atoms with Crippen LogP contribution in [-0.4, -0.2) is 0 Å². The molecule has 0 unspecified atom stereocenters. The normalized spacial score (nSPS) is 14.9. The Morgan fingerprint density at radius 2 is 1.50 bits per heavy atom. The van der Waals surface area contributed by atoms with Crippen molar-refractivity contribution in [3.05, 3.63) is 89.7 Å². The summed E-state index contributed by atoms with van der Waals surface area (Å²) in [5, 5.41) is 7.04. The molecular formula is C20H18N2. The van der Waals surface area contributed by atoms with E-state index in [1.54, 1.807) is 0 Å². The molecule has 2 aromatic carbocycles. The highest BCUT2D eigenvalue weighted by atomic mass is 14.9. The van der Waals surface area contributed by atoms with Gasteiger partial charge in [-0.3, -0.25) is 0 Å². The number of anilines is 3. The fourth-order valence-corrected chi connectivity index (χ4v) is 3.25. The van der Waals surface area contributed by atoms with Crippen molar-refractivity contribution in [2.24, 2.45) is 0 Å². The number of rotatable bonds is 2. The van der Waals surface area contributed by atoms with Crippen molar-refractivity contribution in [1.29, 1.82) is 0 Å². The Labute approximate surface area is 130 Å². The summed E-state index contributed by atoms with van der Waals surface area (Å²) >= 11 is 0. The summed E-state index contributed by atoms with van der Waals surface area (Å²) in [5.74, 6) is 0. The second-order valence-corrected chi connectivity index (χ2v) is 5.77. The molecule has 0 saturated carbocycles. The van der Waals surface area contributed by atoms with Crippen molar-refractivity contribution in [2.75, 3.05) is 10.6 Å². The van der Waals surface area contributed by atoms with Gasteiger partial charge in [-0.15, -0.1) is 0 Å². The summed E-state index contributed by atoms with van der Waals surface area (Å²) in [4.78, 5) is 0. The lowest BCUT2D eigenvalue weighted by Gasteiger charge is -2.27. The molecule has 4 rings (SSSR count). The largest absolute Gasteiger partial charge is 0.355 e. The predicted octanol–water partition coefficient (Wildman–Crippen LogP) is 4.93. The van der Waals surface area contributed by atoms with E-state index in [1.165, 1.54) is 39.3 Å². The molecule has 2 heteroatoms. The van der Waals surface area contributed by atoms with E-state index >= 15 is 0 Å². The zero-order valence-electron chi connectivity index (χ0n) is 12.4. The molecule has 2 aliphatic rings. The minimum absolute atomic E-state index is 0.893. The number of hydrogen-bond donors (Lipinski definition) is 2. The zero-order valence-corrected chi connectivity index (χ0v) is 12.4. The number of nitrogens with one attached hydrogen (secondary N) is 2. The molecular weight excluding hydrogens is 268 g/mol. The molecule has 0 aliphatic carbocycles. The molecule has 0 bridgehead atoms. The number of benzene rings is 2. The highest BCUT2D eigenvalue weighted by molar-refractivity contribution is 5.77. The fourth-order valence-electron chi connectivity index (χ4n) is 3.25. The maximum absolute atomic E-state index is 3.91. The van der Waals surface area contributed by atoms with Gasteiger partial charge in [-0.05, 0) is 46.5 Å². The number of para-hydroxylation sites is 1. The summed E-state index contributed by atoms with van der Waals surface area (Å²) < 4.78 is 0. The molecule has 2 aliphatic heterocycles. The second-order valence-electron chi connectivity index (χ2n) is 5.77. The minimum atomic E-state index is 0.893. The van der Waals surface area contributed by atoms with Gasteiger partial charge in [-0.1, -0.05) is 37.4 Å². The summed E-state index contributed by atoms with van der Waals surface area (Å²) in [5.41, 5.74) is 9.83. The molecule has 22 heavy (non-hydrogen) atoms. The monoisotopic (exact) mass is 286 g/mol. The molecule has 0 saturated heterocycles. The van der Waals surface area contributed by atoms with Gasteiger partial charge in [0.15, 0.2) is 0 Å². The first-order valence-corrected chi connectivity index (χ1v) is 7.54. The van der Waals surface area contributed by atoms with Crippen LogP contribution in [0.4, 0.5) is 17.1 Å². The first-order valence-electron chi connectivity index (χ1n) is 7.54. The summed E-state index contributed by atoms with van der Waals surface area (Å²) in [7, 11) is 0. The van der Waals surface area contributed by atoms with Gasteiger partial charge in [0.25, 0.3) is 0 Å². The third-order valence-corrected chi connectivity index (χ3v) is 4.44. The first kappa shape index (κ1) is 13.0. The van der Waals surface area contributed by atoms with Crippen LogP contribution in [0.25, 0.3) is 0 Å². The van der Waals surface area contributed by atoms with E-state index in [0.717, 1.165) is 18.5 Å². The Morgan fingerprint density at radius 3 is 2.27 bits per heavy atom. The van der Waals surface area contributed by atoms with Crippen molar-refractivity contribution in [1.82, 2.24) is 0 Å². The van der Waals surface area contributed by atoms with Crippen molar-refractivity contribution < 1.29 is 0 Å². The number of fused-ring (bicyclic) bond motifs is 3. The molecule has 108 valence electrons. The van der Waals surface area contributed by atoms with Crippen LogP contribution < -0.4 is 10.6 Å². The highest BCUT2D eigenvalue weighted by Crippen LogP contribution is 2.38. The Hall–Kier alpha value is -2.74. The first-order chi connectivity index (χ1) is 10.8. The smallest absolute Gasteiger partial charge is 0.0424 e. The number of allylic oxidation sites excluding steroid dienone is 3. The second kappa shape index (κ2) is 4.92. The van der Waals surface area contributed by atoms with E-state index in [1.807, 2.05) is 12.2 Å². The molecule has 0 aromatic heterocycles. The van der Waals surface area contributed by atoms with E-state index in [-0.39, 0.29) is 0 Å². The third-order valence-electron chi connectivity index (χ3n) is 4.44. The Balaban J connectivity index is 1.77.